The molecule has 0 spiro atoms. The zero-order chi connectivity index (χ0) is 13.7. The fraction of sp³-hybridized carbons (Fsp3) is 0.222. The van der Waals surface area contributed by atoms with E-state index in [4.69, 9.17) is 0 Å². The third kappa shape index (κ3) is 3.44. The molecule has 0 heterocycles. The van der Waals surface area contributed by atoms with Gasteiger partial charge in [0.05, 0.1) is 0 Å². The molecule has 0 aliphatic rings. The van der Waals surface area contributed by atoms with Gasteiger partial charge in [0.1, 0.15) is 0 Å². The van der Waals surface area contributed by atoms with E-state index in [-0.39, 0.29) is 0 Å². The van der Waals surface area contributed by atoms with E-state index in [9.17, 15) is 0 Å². The minimum atomic E-state index is -1.64. The van der Waals surface area contributed by atoms with E-state index in [1.54, 1.807) is 0 Å². The third-order valence-corrected chi connectivity index (χ3v) is 9.86. The van der Waals surface area contributed by atoms with Crippen molar-refractivity contribution >= 4 is 27.1 Å². The van der Waals surface area contributed by atoms with Crippen molar-refractivity contribution in [3.8, 4) is 0 Å². The zero-order valence-electron chi connectivity index (χ0n) is 11.8. The molecule has 1 atom stereocenters. The Labute approximate surface area is 121 Å². The van der Waals surface area contributed by atoms with Crippen molar-refractivity contribution in [1.29, 1.82) is 0 Å². The molecule has 97 valence electrons. The van der Waals surface area contributed by atoms with Crippen LogP contribution in [0.25, 0.3) is 0 Å². The molecule has 2 aromatic carbocycles. The predicted octanol–water partition coefficient (Wildman–Crippen LogP) is 2.93. The van der Waals surface area contributed by atoms with E-state index >= 15 is 0 Å². The van der Waals surface area contributed by atoms with Crippen LogP contribution in [0.1, 0.15) is 20.3 Å². The molecule has 0 fully saturated rings. The summed E-state index contributed by atoms with van der Waals surface area (Å²) in [6.07, 6.45) is 1.18. The Morgan fingerprint density at radius 1 is 0.947 bits per heavy atom. The first kappa shape index (κ1) is 14.3. The molecule has 0 nitrogen and oxygen atoms in total. The molecule has 2 aromatic rings. The van der Waals surface area contributed by atoms with Crippen molar-refractivity contribution < 1.29 is 0 Å². The van der Waals surface area contributed by atoms with E-state index in [1.807, 2.05) is 0 Å². The first-order valence-electron chi connectivity index (χ1n) is 6.91. The van der Waals surface area contributed by atoms with Gasteiger partial charge in [-0.2, -0.15) is 0 Å². The van der Waals surface area contributed by atoms with Crippen LogP contribution < -0.4 is 8.79 Å². The Hall–Kier alpha value is -1.15. The predicted molar refractivity (Wildman–Crippen MR) is 87.7 cm³/mol. The molecule has 1 radical (unpaired) electrons. The molecule has 1 unspecified atom stereocenters. The summed E-state index contributed by atoms with van der Waals surface area (Å²) >= 11 is -1.64. The second-order valence-electron chi connectivity index (χ2n) is 4.94. The van der Waals surface area contributed by atoms with Crippen LogP contribution in [0.5, 0.6) is 0 Å². The topological polar surface area (TPSA) is 0 Å². The molecule has 2 rings (SSSR count). The van der Waals surface area contributed by atoms with Crippen LogP contribution in [0.4, 0.5) is 0 Å². The Balaban J connectivity index is 2.58. The first-order valence-corrected chi connectivity index (χ1v) is 10.1. The molecule has 0 bridgehead atoms. The van der Waals surface area contributed by atoms with Crippen LogP contribution in [0.3, 0.4) is 0 Å². The van der Waals surface area contributed by atoms with Crippen LogP contribution in [-0.2, 0) is 0 Å². The van der Waals surface area contributed by atoms with Crippen molar-refractivity contribution in [1.82, 2.24) is 0 Å². The van der Waals surface area contributed by atoms with Crippen LogP contribution >= 0.6 is 0 Å². The summed E-state index contributed by atoms with van der Waals surface area (Å²) in [7, 11) is 0. The van der Waals surface area contributed by atoms with E-state index in [2.05, 4.69) is 81.4 Å². The molecule has 0 aromatic heterocycles. The van der Waals surface area contributed by atoms with Gasteiger partial charge in [-0.25, -0.2) is 0 Å². The quantitative estimate of drug-likeness (QED) is 0.762. The van der Waals surface area contributed by atoms with Crippen molar-refractivity contribution in [3.63, 3.8) is 0 Å². The van der Waals surface area contributed by atoms with Crippen LogP contribution in [0.2, 0.25) is 0 Å². The van der Waals surface area contributed by atoms with E-state index < -0.39 is 13.9 Å². The van der Waals surface area contributed by atoms with Gasteiger partial charge in [0.15, 0.2) is 0 Å². The summed E-state index contributed by atoms with van der Waals surface area (Å²) in [5.74, 6) is 0.607. The molecule has 19 heavy (non-hydrogen) atoms. The average molecular weight is 310 g/mol. The Morgan fingerprint density at radius 2 is 1.37 bits per heavy atom. The summed E-state index contributed by atoms with van der Waals surface area (Å²) in [4.78, 5) is 0. The van der Waals surface area contributed by atoms with Gasteiger partial charge in [0.2, 0.25) is 0 Å². The van der Waals surface area contributed by atoms with Crippen LogP contribution in [0.15, 0.2) is 60.7 Å². The standard InChI is InChI=1S/C18H21Ge/c1-4-15(2)16(3)19(17-11-7-5-8-12-17)18-13-9-6-10-14-18/h5-15H,3-4H2,1-2H3. The van der Waals surface area contributed by atoms with Gasteiger partial charge in [0.25, 0.3) is 0 Å². The minimum absolute atomic E-state index is 0.607. The Morgan fingerprint density at radius 3 is 1.74 bits per heavy atom. The maximum atomic E-state index is 4.45. The molecule has 0 saturated heterocycles. The normalized spacial score (nSPS) is 11.9. The summed E-state index contributed by atoms with van der Waals surface area (Å²) in [5, 5.41) is 0. The second kappa shape index (κ2) is 6.86. The van der Waals surface area contributed by atoms with Crippen molar-refractivity contribution in [2.75, 3.05) is 0 Å². The van der Waals surface area contributed by atoms with Gasteiger partial charge in [-0.05, 0) is 0 Å². The molecule has 0 N–H and O–H groups in total. The van der Waals surface area contributed by atoms with Gasteiger partial charge in [-0.3, -0.25) is 0 Å². The molecule has 0 amide bonds. The monoisotopic (exact) mass is 311 g/mol. The molecular formula is C18H21Ge. The maximum absolute atomic E-state index is 4.45. The fourth-order valence-electron chi connectivity index (χ4n) is 2.24. The first-order chi connectivity index (χ1) is 9.24. The van der Waals surface area contributed by atoms with Gasteiger partial charge >= 0.3 is 121 Å². The van der Waals surface area contributed by atoms with E-state index in [0.717, 1.165) is 0 Å². The van der Waals surface area contributed by atoms with E-state index in [0.29, 0.717) is 5.92 Å². The number of hydrogen-bond donors (Lipinski definition) is 0. The van der Waals surface area contributed by atoms with Crippen LogP contribution in [-0.4, -0.2) is 18.3 Å². The summed E-state index contributed by atoms with van der Waals surface area (Å²) in [6.45, 7) is 9.01. The Kier molecular flexibility index (Phi) is 5.15. The average Bonchev–Trinajstić information content (AvgIpc) is 2.49. The van der Waals surface area contributed by atoms with Gasteiger partial charge in [-0.1, -0.05) is 0 Å². The van der Waals surface area contributed by atoms with Crippen LogP contribution in [0, 0.1) is 12.8 Å². The fourth-order valence-corrected chi connectivity index (χ4v) is 8.16. The van der Waals surface area contributed by atoms with Crippen molar-refractivity contribution in [3.05, 3.63) is 67.6 Å². The number of benzene rings is 2. The van der Waals surface area contributed by atoms with Gasteiger partial charge in [0, 0.05) is 0 Å². The number of rotatable bonds is 4. The summed E-state index contributed by atoms with van der Waals surface area (Å²) in [5.41, 5.74) is 0. The molecular weight excluding hydrogens is 289 g/mol. The van der Waals surface area contributed by atoms with Gasteiger partial charge in [-0.15, -0.1) is 0 Å². The zero-order valence-corrected chi connectivity index (χ0v) is 13.9. The number of hydrogen-bond acceptors (Lipinski definition) is 0. The Bertz CT molecular complexity index is 499. The third-order valence-electron chi connectivity index (χ3n) is 3.65. The van der Waals surface area contributed by atoms with Gasteiger partial charge < -0.3 is 0 Å². The second-order valence-corrected chi connectivity index (χ2v) is 10.3. The molecule has 0 saturated carbocycles. The summed E-state index contributed by atoms with van der Waals surface area (Å²) < 4.78 is 4.47. The van der Waals surface area contributed by atoms with Crippen molar-refractivity contribution in [2.24, 2.45) is 5.92 Å². The van der Waals surface area contributed by atoms with E-state index in [1.165, 1.54) is 19.6 Å². The summed E-state index contributed by atoms with van der Waals surface area (Å²) in [6, 6.07) is 21.9. The molecule has 0 aliphatic carbocycles. The molecule has 0 aliphatic heterocycles. The molecule has 1 heteroatoms. The van der Waals surface area contributed by atoms with Crippen molar-refractivity contribution in [2.45, 2.75) is 20.3 Å². The SMILES string of the molecule is [CH2][C](C(C)CC)=[Ge]([c]1ccccc1)[c]1ccccc1.